The number of benzene rings is 2. The number of halogens is 1. The van der Waals surface area contributed by atoms with Gasteiger partial charge in [0.1, 0.15) is 0 Å². The zero-order valence-corrected chi connectivity index (χ0v) is 15.8. The molecular formula is C19H19ClN2O3S. The number of hydrogen-bond acceptors (Lipinski definition) is 4. The Morgan fingerprint density at radius 1 is 1.04 bits per heavy atom. The molecule has 2 aromatic rings. The molecule has 136 valence electrons. The normalized spacial score (nSPS) is 14.7. The number of hydrogen-bond donors (Lipinski definition) is 0. The van der Waals surface area contributed by atoms with Crippen LogP contribution in [0.2, 0.25) is 5.02 Å². The Balaban J connectivity index is 1.88. The summed E-state index contributed by atoms with van der Waals surface area (Å²) in [4.78, 5) is 26.8. The van der Waals surface area contributed by atoms with Crippen LogP contribution >= 0.6 is 23.4 Å². The molecule has 0 spiro atoms. The van der Waals surface area contributed by atoms with Crippen molar-refractivity contribution in [1.82, 2.24) is 4.90 Å². The van der Waals surface area contributed by atoms with E-state index in [1.54, 1.807) is 23.1 Å². The molecule has 0 aromatic heterocycles. The number of amides is 1. The second kappa shape index (κ2) is 8.56. The minimum atomic E-state index is -0.446. The summed E-state index contributed by atoms with van der Waals surface area (Å²) in [5, 5.41) is 12.1. The smallest absolute Gasteiger partial charge is 0.284 e. The van der Waals surface area contributed by atoms with Crippen molar-refractivity contribution in [1.29, 1.82) is 0 Å². The zero-order valence-electron chi connectivity index (χ0n) is 14.2. The third-order valence-corrected chi connectivity index (χ3v) is 5.94. The average molecular weight is 391 g/mol. The maximum absolute atomic E-state index is 12.7. The molecule has 0 aliphatic carbocycles. The Kier molecular flexibility index (Phi) is 6.16. The Bertz CT molecular complexity index is 820. The molecule has 0 N–H and O–H groups in total. The largest absolute Gasteiger partial charge is 0.339 e. The number of likely N-dealkylation sites (tertiary alicyclic amines) is 1. The predicted octanol–water partition coefficient (Wildman–Crippen LogP) is 5.42. The summed E-state index contributed by atoms with van der Waals surface area (Å²) in [5.41, 5.74) is 0.290. The number of nitrogens with zero attached hydrogens (tertiary/aromatic N) is 2. The highest BCUT2D eigenvalue weighted by Gasteiger charge is 2.22. The van der Waals surface area contributed by atoms with Crippen molar-refractivity contribution in [3.8, 4) is 0 Å². The molecule has 1 fully saturated rings. The van der Waals surface area contributed by atoms with Gasteiger partial charge in [0, 0.05) is 29.6 Å². The Morgan fingerprint density at radius 3 is 2.38 bits per heavy atom. The van der Waals surface area contributed by atoms with Gasteiger partial charge in [-0.15, -0.1) is 0 Å². The third kappa shape index (κ3) is 4.37. The quantitative estimate of drug-likeness (QED) is 0.516. The van der Waals surface area contributed by atoms with E-state index in [0.29, 0.717) is 28.6 Å². The molecule has 0 radical (unpaired) electrons. The second-order valence-electron chi connectivity index (χ2n) is 6.18. The van der Waals surface area contributed by atoms with Crippen molar-refractivity contribution in [3.05, 3.63) is 63.2 Å². The summed E-state index contributed by atoms with van der Waals surface area (Å²) in [6.45, 7) is 1.42. The molecule has 1 amide bonds. The molecule has 2 aromatic carbocycles. The van der Waals surface area contributed by atoms with Crippen LogP contribution in [0.3, 0.4) is 0 Å². The molecule has 0 bridgehead atoms. The van der Waals surface area contributed by atoms with E-state index in [4.69, 9.17) is 11.6 Å². The van der Waals surface area contributed by atoms with Crippen LogP contribution in [0.25, 0.3) is 0 Å². The van der Waals surface area contributed by atoms with E-state index >= 15 is 0 Å². The van der Waals surface area contributed by atoms with Crippen molar-refractivity contribution in [3.63, 3.8) is 0 Å². The number of carbonyl (C=O) groups is 1. The fraction of sp³-hybridized carbons (Fsp3) is 0.316. The van der Waals surface area contributed by atoms with Crippen molar-refractivity contribution in [2.45, 2.75) is 35.5 Å². The van der Waals surface area contributed by atoms with E-state index < -0.39 is 4.92 Å². The van der Waals surface area contributed by atoms with Gasteiger partial charge in [0.05, 0.1) is 14.8 Å². The molecular weight excluding hydrogens is 372 g/mol. The summed E-state index contributed by atoms with van der Waals surface area (Å²) in [6.07, 6.45) is 4.21. The molecule has 0 atom stereocenters. The fourth-order valence-corrected chi connectivity index (χ4v) is 4.16. The van der Waals surface area contributed by atoms with Crippen LogP contribution in [-0.2, 0) is 0 Å². The van der Waals surface area contributed by atoms with Gasteiger partial charge in [-0.2, -0.15) is 0 Å². The van der Waals surface area contributed by atoms with Gasteiger partial charge < -0.3 is 4.90 Å². The summed E-state index contributed by atoms with van der Waals surface area (Å²) in [6, 6.07) is 11.9. The van der Waals surface area contributed by atoms with Gasteiger partial charge in [-0.25, -0.2) is 0 Å². The van der Waals surface area contributed by atoms with Crippen LogP contribution in [0.1, 0.15) is 36.0 Å². The highest BCUT2D eigenvalue weighted by atomic mass is 35.5. The minimum absolute atomic E-state index is 0.0735. The van der Waals surface area contributed by atoms with Crippen molar-refractivity contribution >= 4 is 35.0 Å². The van der Waals surface area contributed by atoms with Gasteiger partial charge in [0.15, 0.2) is 0 Å². The van der Waals surface area contributed by atoms with Crippen LogP contribution < -0.4 is 0 Å². The lowest BCUT2D eigenvalue weighted by Gasteiger charge is -2.20. The van der Waals surface area contributed by atoms with E-state index in [1.807, 2.05) is 18.2 Å². The summed E-state index contributed by atoms with van der Waals surface area (Å²) < 4.78 is 0. The lowest BCUT2D eigenvalue weighted by molar-refractivity contribution is -0.387. The number of nitro groups is 1. The van der Waals surface area contributed by atoms with Crippen molar-refractivity contribution < 1.29 is 9.72 Å². The molecule has 0 saturated carbocycles. The first-order chi connectivity index (χ1) is 12.6. The molecule has 7 heteroatoms. The first kappa shape index (κ1) is 18.7. The van der Waals surface area contributed by atoms with Gasteiger partial charge in [0.2, 0.25) is 0 Å². The lowest BCUT2D eigenvalue weighted by atomic mass is 10.1. The summed E-state index contributed by atoms with van der Waals surface area (Å²) >= 11 is 7.38. The van der Waals surface area contributed by atoms with Gasteiger partial charge in [0.25, 0.3) is 11.6 Å². The molecule has 5 nitrogen and oxygen atoms in total. The fourth-order valence-electron chi connectivity index (χ4n) is 2.98. The minimum Gasteiger partial charge on any atom is -0.339 e. The van der Waals surface area contributed by atoms with Crippen LogP contribution in [0.4, 0.5) is 5.69 Å². The molecule has 26 heavy (non-hydrogen) atoms. The molecule has 1 aliphatic rings. The maximum atomic E-state index is 12.7. The Morgan fingerprint density at radius 2 is 1.73 bits per heavy atom. The maximum Gasteiger partial charge on any atom is 0.284 e. The highest BCUT2D eigenvalue weighted by Crippen LogP contribution is 2.38. The van der Waals surface area contributed by atoms with Crippen LogP contribution in [0.15, 0.2) is 52.3 Å². The average Bonchev–Trinajstić information content (AvgIpc) is 2.92. The molecule has 1 heterocycles. The monoisotopic (exact) mass is 390 g/mol. The number of carbonyl (C=O) groups excluding carboxylic acids is 1. The Hall–Kier alpha value is -2.05. The van der Waals surface area contributed by atoms with Gasteiger partial charge in [-0.3, -0.25) is 14.9 Å². The van der Waals surface area contributed by atoms with Crippen molar-refractivity contribution in [2.75, 3.05) is 13.1 Å². The highest BCUT2D eigenvalue weighted by molar-refractivity contribution is 7.99. The van der Waals surface area contributed by atoms with E-state index in [1.165, 1.54) is 17.8 Å². The first-order valence-electron chi connectivity index (χ1n) is 8.56. The first-order valence-corrected chi connectivity index (χ1v) is 9.76. The van der Waals surface area contributed by atoms with E-state index in [9.17, 15) is 14.9 Å². The second-order valence-corrected chi connectivity index (χ2v) is 7.67. The van der Waals surface area contributed by atoms with Gasteiger partial charge >= 0.3 is 0 Å². The third-order valence-electron chi connectivity index (χ3n) is 4.35. The molecule has 1 aliphatic heterocycles. The van der Waals surface area contributed by atoms with Crippen molar-refractivity contribution in [2.24, 2.45) is 0 Å². The summed E-state index contributed by atoms with van der Waals surface area (Å²) in [7, 11) is 0. The number of rotatable bonds is 4. The van der Waals surface area contributed by atoms with E-state index in [-0.39, 0.29) is 11.6 Å². The van der Waals surface area contributed by atoms with E-state index in [2.05, 4.69) is 0 Å². The molecule has 3 rings (SSSR count). The zero-order chi connectivity index (χ0) is 18.5. The molecule has 0 unspecified atom stereocenters. The van der Waals surface area contributed by atoms with Gasteiger partial charge in [-0.1, -0.05) is 48.3 Å². The number of nitro benzene ring substituents is 1. The van der Waals surface area contributed by atoms with Crippen LogP contribution in [0.5, 0.6) is 0 Å². The lowest BCUT2D eigenvalue weighted by Crippen LogP contribution is -2.31. The SMILES string of the molecule is O=C(c1ccc(Sc2ccccc2Cl)c([N+](=O)[O-])c1)N1CCCCCC1. The Labute approximate surface area is 161 Å². The summed E-state index contributed by atoms with van der Waals surface area (Å²) in [5.74, 6) is -0.135. The van der Waals surface area contributed by atoms with Crippen LogP contribution in [0, 0.1) is 10.1 Å². The standard InChI is InChI=1S/C19H19ClN2O3S/c20-15-7-3-4-8-17(15)26-18-10-9-14(13-16(18)22(24)25)19(23)21-11-5-1-2-6-12-21/h3-4,7-10,13H,1-2,5-6,11-12H2. The predicted molar refractivity (Wildman–Crippen MR) is 103 cm³/mol. The van der Waals surface area contributed by atoms with Gasteiger partial charge in [-0.05, 0) is 37.1 Å². The molecule has 1 saturated heterocycles. The van der Waals surface area contributed by atoms with E-state index in [0.717, 1.165) is 30.6 Å². The topological polar surface area (TPSA) is 63.4 Å². The van der Waals surface area contributed by atoms with Crippen LogP contribution in [-0.4, -0.2) is 28.8 Å².